The highest BCUT2D eigenvalue weighted by molar-refractivity contribution is 6.37. The number of amides is 1. The maximum atomic E-state index is 13.3. The number of hydrogen-bond acceptors (Lipinski definition) is 5. The van der Waals surface area contributed by atoms with Crippen LogP contribution in [0, 0.1) is 11.3 Å². The second-order valence-electron chi connectivity index (χ2n) is 7.25. The largest absolute Gasteiger partial charge is 0.497 e. The van der Waals surface area contributed by atoms with E-state index in [4.69, 9.17) is 9.47 Å². The summed E-state index contributed by atoms with van der Waals surface area (Å²) in [5.41, 5.74) is 1.74. The topological polar surface area (TPSA) is 79.6 Å². The molecule has 2 aliphatic heterocycles. The number of carbonyl (C=O) groups is 2. The number of esters is 1. The second-order valence-corrected chi connectivity index (χ2v) is 7.25. The van der Waals surface area contributed by atoms with Crippen LogP contribution in [0.3, 0.4) is 0 Å². The van der Waals surface area contributed by atoms with Crippen molar-refractivity contribution in [2.75, 3.05) is 18.6 Å². The summed E-state index contributed by atoms with van der Waals surface area (Å²) < 4.78 is 10.4. The zero-order valence-electron chi connectivity index (χ0n) is 15.7. The monoisotopic (exact) mass is 354 g/mol. The van der Waals surface area contributed by atoms with Gasteiger partial charge in [-0.1, -0.05) is 6.92 Å². The van der Waals surface area contributed by atoms with Crippen molar-refractivity contribution in [2.45, 2.75) is 45.6 Å². The lowest BCUT2D eigenvalue weighted by molar-refractivity contribution is -0.138. The molecule has 0 radical (unpaired) electrons. The fraction of sp³-hybridized carbons (Fsp3) is 0.450. The minimum absolute atomic E-state index is 0.100. The van der Waals surface area contributed by atoms with Gasteiger partial charge in [-0.25, -0.2) is 4.79 Å². The van der Waals surface area contributed by atoms with Crippen molar-refractivity contribution in [3.8, 4) is 11.8 Å². The predicted molar refractivity (Wildman–Crippen MR) is 96.8 cm³/mol. The van der Waals surface area contributed by atoms with Gasteiger partial charge in [0, 0.05) is 11.1 Å². The maximum Gasteiger partial charge on any atom is 0.349 e. The Labute approximate surface area is 153 Å². The first kappa shape index (κ1) is 18.0. The highest BCUT2D eigenvalue weighted by Crippen LogP contribution is 2.53. The maximum absolute atomic E-state index is 13.3. The van der Waals surface area contributed by atoms with Gasteiger partial charge in [-0.05, 0) is 50.8 Å². The molecule has 2 heterocycles. The van der Waals surface area contributed by atoms with E-state index in [1.807, 2.05) is 26.0 Å². The van der Waals surface area contributed by atoms with Crippen molar-refractivity contribution in [1.29, 1.82) is 5.26 Å². The van der Waals surface area contributed by atoms with E-state index in [1.165, 1.54) is 0 Å². The Morgan fingerprint density at radius 3 is 2.69 bits per heavy atom. The lowest BCUT2D eigenvalue weighted by Gasteiger charge is -2.43. The van der Waals surface area contributed by atoms with Crippen LogP contribution < -0.4 is 9.64 Å². The molecule has 1 aromatic carbocycles. The molecule has 6 nitrogen and oxygen atoms in total. The third kappa shape index (κ3) is 2.47. The number of nitriles is 1. The third-order valence-corrected chi connectivity index (χ3v) is 5.04. The number of methoxy groups -OCH3 is 1. The Morgan fingerprint density at radius 2 is 2.12 bits per heavy atom. The van der Waals surface area contributed by atoms with Gasteiger partial charge in [0.2, 0.25) is 0 Å². The van der Waals surface area contributed by atoms with Gasteiger partial charge in [0.05, 0.1) is 25.0 Å². The summed E-state index contributed by atoms with van der Waals surface area (Å²) in [6, 6.07) is 5.53. The first-order valence-electron chi connectivity index (χ1n) is 8.65. The summed E-state index contributed by atoms with van der Waals surface area (Å²) >= 11 is 0. The van der Waals surface area contributed by atoms with Gasteiger partial charge in [0.1, 0.15) is 11.8 Å². The van der Waals surface area contributed by atoms with Gasteiger partial charge in [-0.3, -0.25) is 4.79 Å². The average Bonchev–Trinajstić information content (AvgIpc) is 2.87. The van der Waals surface area contributed by atoms with Crippen molar-refractivity contribution < 1.29 is 19.1 Å². The number of benzene rings is 1. The SMILES string of the molecule is CCOC(=O)/C(C#N)=C1/C(=O)N2c3c1cc(OC)cc3[C@@H](C)CC2(C)C. The van der Waals surface area contributed by atoms with Crippen molar-refractivity contribution in [2.24, 2.45) is 0 Å². The highest BCUT2D eigenvalue weighted by Gasteiger charge is 2.49. The molecule has 3 rings (SSSR count). The Balaban J connectivity index is 2.36. The van der Waals surface area contributed by atoms with Crippen LogP contribution in [0.15, 0.2) is 17.7 Å². The Morgan fingerprint density at radius 1 is 1.42 bits per heavy atom. The lowest BCUT2D eigenvalue weighted by Crippen LogP contribution is -2.49. The second kappa shape index (κ2) is 6.17. The molecule has 0 aromatic heterocycles. The molecule has 1 atom stereocenters. The van der Waals surface area contributed by atoms with E-state index < -0.39 is 11.5 Å². The average molecular weight is 354 g/mol. The number of hydrogen-bond donors (Lipinski definition) is 0. The zero-order valence-corrected chi connectivity index (χ0v) is 15.7. The Kier molecular flexibility index (Phi) is 4.27. The number of ether oxygens (including phenoxy) is 2. The molecule has 0 saturated carbocycles. The fourth-order valence-corrected chi connectivity index (χ4v) is 4.07. The molecule has 0 fully saturated rings. The summed E-state index contributed by atoms with van der Waals surface area (Å²) in [4.78, 5) is 27.3. The number of rotatable bonds is 3. The quantitative estimate of drug-likeness (QED) is 0.473. The van der Waals surface area contributed by atoms with Gasteiger partial charge in [0.25, 0.3) is 5.91 Å². The van der Waals surface area contributed by atoms with Crippen molar-refractivity contribution in [1.82, 2.24) is 0 Å². The van der Waals surface area contributed by atoms with E-state index in [0.717, 1.165) is 17.7 Å². The van der Waals surface area contributed by atoms with Gasteiger partial charge < -0.3 is 14.4 Å². The lowest BCUT2D eigenvalue weighted by atomic mass is 9.80. The first-order valence-corrected chi connectivity index (χ1v) is 8.65. The molecule has 0 unspecified atom stereocenters. The normalized spacial score (nSPS) is 21.8. The molecular weight excluding hydrogens is 332 g/mol. The minimum atomic E-state index is -0.777. The molecule has 0 saturated heterocycles. The van der Waals surface area contributed by atoms with E-state index in [0.29, 0.717) is 11.3 Å². The van der Waals surface area contributed by atoms with E-state index >= 15 is 0 Å². The van der Waals surface area contributed by atoms with Crippen LogP contribution in [-0.4, -0.2) is 31.1 Å². The van der Waals surface area contributed by atoms with Crippen LogP contribution in [0.1, 0.15) is 51.2 Å². The first-order chi connectivity index (χ1) is 12.3. The molecule has 0 N–H and O–H groups in total. The molecule has 0 aliphatic carbocycles. The summed E-state index contributed by atoms with van der Waals surface area (Å²) in [6.07, 6.45) is 0.771. The van der Waals surface area contributed by atoms with Crippen molar-refractivity contribution >= 4 is 23.1 Å². The van der Waals surface area contributed by atoms with Crippen LogP contribution in [-0.2, 0) is 14.3 Å². The molecule has 26 heavy (non-hydrogen) atoms. The number of carbonyl (C=O) groups excluding carboxylic acids is 2. The molecule has 2 aliphatic rings. The van der Waals surface area contributed by atoms with Crippen LogP contribution in [0.2, 0.25) is 0 Å². The molecule has 136 valence electrons. The molecule has 6 heteroatoms. The zero-order chi connectivity index (χ0) is 19.2. The van der Waals surface area contributed by atoms with Crippen molar-refractivity contribution in [3.63, 3.8) is 0 Å². The van der Waals surface area contributed by atoms with E-state index in [9.17, 15) is 14.9 Å². The van der Waals surface area contributed by atoms with E-state index in [1.54, 1.807) is 25.0 Å². The summed E-state index contributed by atoms with van der Waals surface area (Å²) in [5, 5.41) is 9.57. The van der Waals surface area contributed by atoms with Gasteiger partial charge >= 0.3 is 5.97 Å². The summed E-state index contributed by atoms with van der Waals surface area (Å²) in [5.74, 6) is -0.305. The van der Waals surface area contributed by atoms with Gasteiger partial charge in [-0.15, -0.1) is 0 Å². The standard InChI is InChI=1S/C20H22N2O4/c1-6-26-19(24)15(10-21)16-14-8-12(25-5)7-13-11(2)9-20(3,4)22(17(13)14)18(16)23/h7-8,11H,6,9H2,1-5H3/b16-15+/t11-/m0/s1. The number of nitrogens with zero attached hydrogens (tertiary/aromatic N) is 2. The minimum Gasteiger partial charge on any atom is -0.497 e. The molecular formula is C20H22N2O4. The van der Waals surface area contributed by atoms with Crippen LogP contribution in [0.4, 0.5) is 5.69 Å². The molecule has 1 aromatic rings. The van der Waals surface area contributed by atoms with Crippen molar-refractivity contribution in [3.05, 3.63) is 28.8 Å². The van der Waals surface area contributed by atoms with Crippen LogP contribution >= 0.6 is 0 Å². The smallest absolute Gasteiger partial charge is 0.349 e. The summed E-state index contributed by atoms with van der Waals surface area (Å²) in [7, 11) is 1.56. The van der Waals surface area contributed by atoms with Crippen LogP contribution in [0.5, 0.6) is 5.75 Å². The third-order valence-electron chi connectivity index (χ3n) is 5.04. The van der Waals surface area contributed by atoms with E-state index in [-0.39, 0.29) is 29.6 Å². The number of anilines is 1. The highest BCUT2D eigenvalue weighted by atomic mass is 16.5. The summed E-state index contributed by atoms with van der Waals surface area (Å²) in [6.45, 7) is 7.90. The van der Waals surface area contributed by atoms with Gasteiger partial charge in [-0.2, -0.15) is 5.26 Å². The predicted octanol–water partition coefficient (Wildman–Crippen LogP) is 3.17. The molecule has 1 amide bonds. The fourth-order valence-electron chi connectivity index (χ4n) is 4.07. The Hall–Kier alpha value is -2.81. The van der Waals surface area contributed by atoms with E-state index in [2.05, 4.69) is 6.92 Å². The Bertz CT molecular complexity index is 877. The molecule has 0 bridgehead atoms. The molecule has 0 spiro atoms. The van der Waals surface area contributed by atoms with Crippen LogP contribution in [0.25, 0.3) is 5.57 Å². The van der Waals surface area contributed by atoms with Gasteiger partial charge in [0.15, 0.2) is 5.57 Å².